The fourth-order valence-electron chi connectivity index (χ4n) is 1.02. The largest absolute Gasteiger partial charge is 0.378 e. The molecule has 0 spiro atoms. The first kappa shape index (κ1) is 10.7. The average Bonchev–Trinajstić information content (AvgIpc) is 2.16. The van der Waals surface area contributed by atoms with E-state index < -0.39 is 11.0 Å². The molecule has 0 bridgehead atoms. The quantitative estimate of drug-likeness (QED) is 0.434. The van der Waals surface area contributed by atoms with Gasteiger partial charge in [0.05, 0.1) is 0 Å². The van der Waals surface area contributed by atoms with E-state index in [4.69, 9.17) is 11.6 Å². The van der Waals surface area contributed by atoms with Gasteiger partial charge in [0.25, 0.3) is 5.24 Å². The van der Waals surface area contributed by atoms with Crippen LogP contribution in [0.4, 0.5) is 5.69 Å². The van der Waals surface area contributed by atoms with Crippen molar-refractivity contribution in [1.29, 1.82) is 0 Å². The zero-order valence-electron chi connectivity index (χ0n) is 7.95. The Bertz CT molecular complexity index is 357. The van der Waals surface area contributed by atoms with E-state index in [-0.39, 0.29) is 0 Å². The van der Waals surface area contributed by atoms with Gasteiger partial charge in [-0.05, 0) is 35.9 Å². The summed E-state index contributed by atoms with van der Waals surface area (Å²) in [5, 5.41) is -0.956. The zero-order valence-corrected chi connectivity index (χ0v) is 8.71. The highest BCUT2D eigenvalue weighted by Crippen LogP contribution is 2.13. The molecule has 4 heteroatoms. The third-order valence-corrected chi connectivity index (χ3v) is 2.00. The molecule has 0 fully saturated rings. The fourth-order valence-corrected chi connectivity index (χ4v) is 1.13. The van der Waals surface area contributed by atoms with Crippen LogP contribution in [0, 0.1) is 0 Å². The average molecular weight is 212 g/mol. The topological polar surface area (TPSA) is 37.4 Å². The Morgan fingerprint density at radius 2 is 1.64 bits per heavy atom. The number of Topliss-reactive ketones (excluding diaryl/α,β-unsaturated/α-hetero) is 1. The second kappa shape index (κ2) is 4.24. The van der Waals surface area contributed by atoms with Crippen molar-refractivity contribution in [2.45, 2.75) is 0 Å². The lowest BCUT2D eigenvalue weighted by molar-refractivity contribution is -0.108. The monoisotopic (exact) mass is 211 g/mol. The molecule has 0 N–H and O–H groups in total. The fraction of sp³-hybridized carbons (Fsp3) is 0.200. The third kappa shape index (κ3) is 2.33. The highest BCUT2D eigenvalue weighted by Gasteiger charge is 2.12. The van der Waals surface area contributed by atoms with E-state index in [1.165, 1.54) is 0 Å². The Balaban J connectivity index is 2.94. The lowest BCUT2D eigenvalue weighted by Crippen LogP contribution is -2.10. The molecule has 3 nitrogen and oxygen atoms in total. The van der Waals surface area contributed by atoms with E-state index in [2.05, 4.69) is 0 Å². The minimum Gasteiger partial charge on any atom is -0.378 e. The maximum absolute atomic E-state index is 11.1. The summed E-state index contributed by atoms with van der Waals surface area (Å²) < 4.78 is 0. The molecule has 0 aliphatic rings. The van der Waals surface area contributed by atoms with E-state index in [1.54, 1.807) is 24.3 Å². The summed E-state index contributed by atoms with van der Waals surface area (Å²) in [7, 11) is 3.78. The van der Waals surface area contributed by atoms with Gasteiger partial charge in [-0.3, -0.25) is 9.59 Å². The molecule has 0 saturated carbocycles. The number of ketones is 1. The third-order valence-electron chi connectivity index (χ3n) is 1.82. The van der Waals surface area contributed by atoms with E-state index in [0.717, 1.165) is 5.69 Å². The van der Waals surface area contributed by atoms with Gasteiger partial charge in [0, 0.05) is 25.3 Å². The second-order valence-electron chi connectivity index (χ2n) is 3.04. The number of hydrogen-bond donors (Lipinski definition) is 0. The van der Waals surface area contributed by atoms with Gasteiger partial charge in [-0.2, -0.15) is 0 Å². The smallest absolute Gasteiger partial charge is 0.293 e. The number of carbonyl (C=O) groups excluding carboxylic acids is 2. The van der Waals surface area contributed by atoms with Crippen molar-refractivity contribution >= 4 is 28.3 Å². The molecule has 0 aliphatic heterocycles. The summed E-state index contributed by atoms with van der Waals surface area (Å²) >= 11 is 5.07. The highest BCUT2D eigenvalue weighted by molar-refractivity contribution is 6.83. The molecule has 74 valence electrons. The van der Waals surface area contributed by atoms with Crippen molar-refractivity contribution in [1.82, 2.24) is 0 Å². The van der Waals surface area contributed by atoms with Crippen molar-refractivity contribution in [3.05, 3.63) is 29.8 Å². The van der Waals surface area contributed by atoms with Crippen LogP contribution in [0.25, 0.3) is 0 Å². The van der Waals surface area contributed by atoms with Crippen LogP contribution in [0.2, 0.25) is 0 Å². The summed E-state index contributed by atoms with van der Waals surface area (Å²) in [4.78, 5) is 23.6. The van der Waals surface area contributed by atoms with Crippen molar-refractivity contribution in [2.75, 3.05) is 19.0 Å². The number of halogens is 1. The Labute approximate surface area is 87.3 Å². The minimum absolute atomic E-state index is 0.315. The molecule has 0 unspecified atom stereocenters. The predicted octanol–water partition coefficient (Wildman–Crippen LogP) is 1.70. The molecule has 14 heavy (non-hydrogen) atoms. The van der Waals surface area contributed by atoms with Gasteiger partial charge >= 0.3 is 0 Å². The van der Waals surface area contributed by atoms with E-state index in [9.17, 15) is 9.59 Å². The van der Waals surface area contributed by atoms with Gasteiger partial charge in [-0.1, -0.05) is 0 Å². The summed E-state index contributed by atoms with van der Waals surface area (Å²) in [5.41, 5.74) is 1.28. The molecular formula is C10H10ClNO2. The van der Waals surface area contributed by atoms with E-state index in [0.29, 0.717) is 5.56 Å². The molecule has 0 aliphatic carbocycles. The highest BCUT2D eigenvalue weighted by atomic mass is 35.5. The van der Waals surface area contributed by atoms with Crippen LogP contribution in [0.5, 0.6) is 0 Å². The first-order valence-corrected chi connectivity index (χ1v) is 4.41. The van der Waals surface area contributed by atoms with Crippen molar-refractivity contribution in [2.24, 2.45) is 0 Å². The first-order valence-electron chi connectivity index (χ1n) is 4.04. The van der Waals surface area contributed by atoms with Gasteiger partial charge < -0.3 is 4.90 Å². The van der Waals surface area contributed by atoms with Gasteiger partial charge in [-0.25, -0.2) is 0 Å². The standard InChI is InChI=1S/C10H10ClNO2/c1-12(2)8-5-3-7(4-6-8)9(13)10(11)14/h3-6H,1-2H3. The van der Waals surface area contributed by atoms with Crippen LogP contribution >= 0.6 is 11.6 Å². The lowest BCUT2D eigenvalue weighted by atomic mass is 10.1. The Hall–Kier alpha value is -1.35. The summed E-state index contributed by atoms with van der Waals surface area (Å²) in [6.07, 6.45) is 0. The molecular weight excluding hydrogens is 202 g/mol. The van der Waals surface area contributed by atoms with Crippen LogP contribution in [0.15, 0.2) is 24.3 Å². The summed E-state index contributed by atoms with van der Waals surface area (Å²) in [6.45, 7) is 0. The van der Waals surface area contributed by atoms with Crippen molar-refractivity contribution < 1.29 is 9.59 Å². The lowest BCUT2D eigenvalue weighted by Gasteiger charge is -2.11. The Kier molecular flexibility index (Phi) is 3.25. The van der Waals surface area contributed by atoms with Crippen molar-refractivity contribution in [3.8, 4) is 0 Å². The molecule has 1 aromatic carbocycles. The number of hydrogen-bond acceptors (Lipinski definition) is 3. The summed E-state index contributed by atoms with van der Waals surface area (Å²) in [6, 6.07) is 6.68. The number of nitrogens with zero attached hydrogens (tertiary/aromatic N) is 1. The van der Waals surface area contributed by atoms with Crippen LogP contribution in [-0.2, 0) is 4.79 Å². The number of anilines is 1. The predicted molar refractivity (Wildman–Crippen MR) is 56.0 cm³/mol. The molecule has 0 amide bonds. The molecule has 0 saturated heterocycles. The maximum Gasteiger partial charge on any atom is 0.293 e. The SMILES string of the molecule is CN(C)c1ccc(C(=O)C(=O)Cl)cc1. The number of carbonyl (C=O) groups is 2. The second-order valence-corrected chi connectivity index (χ2v) is 3.39. The molecule has 0 heterocycles. The minimum atomic E-state index is -0.956. The van der Waals surface area contributed by atoms with E-state index >= 15 is 0 Å². The van der Waals surface area contributed by atoms with Crippen molar-refractivity contribution in [3.63, 3.8) is 0 Å². The molecule has 1 rings (SSSR count). The molecule has 0 aromatic heterocycles. The van der Waals surface area contributed by atoms with Gasteiger partial charge in [0.15, 0.2) is 0 Å². The number of benzene rings is 1. The van der Waals surface area contributed by atoms with Crippen LogP contribution < -0.4 is 4.90 Å². The van der Waals surface area contributed by atoms with Crippen LogP contribution in [-0.4, -0.2) is 25.1 Å². The van der Waals surface area contributed by atoms with Gasteiger partial charge in [0.1, 0.15) is 0 Å². The van der Waals surface area contributed by atoms with Gasteiger partial charge in [-0.15, -0.1) is 0 Å². The normalized spacial score (nSPS) is 9.64. The van der Waals surface area contributed by atoms with Crippen LogP contribution in [0.1, 0.15) is 10.4 Å². The zero-order chi connectivity index (χ0) is 10.7. The Morgan fingerprint density at radius 1 is 1.14 bits per heavy atom. The number of rotatable bonds is 3. The maximum atomic E-state index is 11.1. The van der Waals surface area contributed by atoms with Crippen LogP contribution in [0.3, 0.4) is 0 Å². The first-order chi connectivity index (χ1) is 6.52. The Morgan fingerprint density at radius 3 is 2.00 bits per heavy atom. The summed E-state index contributed by atoms with van der Waals surface area (Å²) in [5.74, 6) is -0.669. The van der Waals surface area contributed by atoms with Gasteiger partial charge in [0.2, 0.25) is 5.78 Å². The molecule has 0 atom stereocenters. The molecule has 0 radical (unpaired) electrons. The molecule has 1 aromatic rings. The van der Waals surface area contributed by atoms with E-state index in [1.807, 2.05) is 19.0 Å².